The van der Waals surface area contributed by atoms with Gasteiger partial charge in [0.25, 0.3) is 0 Å². The summed E-state index contributed by atoms with van der Waals surface area (Å²) in [6.45, 7) is 0. The van der Waals surface area contributed by atoms with Gasteiger partial charge in [-0.2, -0.15) is 0 Å². The Morgan fingerprint density at radius 3 is 3.20 bits per heavy atom. The van der Waals surface area contributed by atoms with Crippen molar-refractivity contribution in [3.8, 4) is 0 Å². The van der Waals surface area contributed by atoms with E-state index in [-0.39, 0.29) is 5.69 Å². The van der Waals surface area contributed by atoms with Crippen LogP contribution in [0.1, 0.15) is 0 Å². The minimum absolute atomic E-state index is 0.0400. The lowest BCUT2D eigenvalue weighted by molar-refractivity contribution is 0.897. The Morgan fingerprint density at radius 1 is 1.70 bits per heavy atom. The third-order valence-corrected chi connectivity index (χ3v) is 2.48. The third kappa shape index (κ3) is 0.565. The minimum atomic E-state index is -0.0400. The van der Waals surface area contributed by atoms with Gasteiger partial charge in [0, 0.05) is 7.05 Å². The van der Waals surface area contributed by atoms with Crippen molar-refractivity contribution in [2.45, 2.75) is 0 Å². The molecule has 52 valence electrons. The number of rotatable bonds is 0. The maximum absolute atomic E-state index is 10.9. The number of H-pyrrole nitrogens is 1. The van der Waals surface area contributed by atoms with Crippen LogP contribution in [-0.2, 0) is 7.05 Å². The molecular formula is C6H6N2OS. The van der Waals surface area contributed by atoms with Crippen LogP contribution in [0.4, 0.5) is 0 Å². The summed E-state index contributed by atoms with van der Waals surface area (Å²) >= 11 is 1.57. The molecule has 2 heterocycles. The molecule has 0 atom stereocenters. The Labute approximate surface area is 60.9 Å². The highest BCUT2D eigenvalue weighted by Gasteiger charge is 2.01. The zero-order valence-corrected chi connectivity index (χ0v) is 6.23. The first kappa shape index (κ1) is 5.73. The largest absolute Gasteiger partial charge is 0.326 e. The van der Waals surface area contributed by atoms with Crippen molar-refractivity contribution in [3.63, 3.8) is 0 Å². The monoisotopic (exact) mass is 154 g/mol. The number of hydrogen-bond donors (Lipinski definition) is 1. The lowest BCUT2D eigenvalue weighted by atomic mass is 10.6. The highest BCUT2D eigenvalue weighted by molar-refractivity contribution is 7.16. The van der Waals surface area contributed by atoms with E-state index in [2.05, 4.69) is 4.98 Å². The van der Waals surface area contributed by atoms with E-state index in [1.165, 1.54) is 0 Å². The summed E-state index contributed by atoms with van der Waals surface area (Å²) in [6.07, 6.45) is 0. The maximum Gasteiger partial charge on any atom is 0.326 e. The summed E-state index contributed by atoms with van der Waals surface area (Å²) in [5.41, 5.74) is 0.888. The van der Waals surface area contributed by atoms with Gasteiger partial charge in [0.2, 0.25) is 0 Å². The van der Waals surface area contributed by atoms with Gasteiger partial charge in [-0.05, 0) is 11.4 Å². The predicted octanol–water partition coefficient (Wildman–Crippen LogP) is 0.928. The number of thiophene rings is 1. The Bertz CT molecular complexity index is 408. The normalized spacial score (nSPS) is 10.9. The van der Waals surface area contributed by atoms with E-state index in [0.29, 0.717) is 0 Å². The molecule has 0 radical (unpaired) electrons. The van der Waals surface area contributed by atoms with Gasteiger partial charge in [-0.1, -0.05) is 0 Å². The summed E-state index contributed by atoms with van der Waals surface area (Å²) in [4.78, 5) is 14.6. The van der Waals surface area contributed by atoms with E-state index < -0.39 is 0 Å². The molecule has 0 spiro atoms. The molecule has 0 aromatic carbocycles. The average Bonchev–Trinajstić information content (AvgIpc) is 2.41. The van der Waals surface area contributed by atoms with Crippen LogP contribution < -0.4 is 5.69 Å². The van der Waals surface area contributed by atoms with E-state index in [1.54, 1.807) is 23.0 Å². The molecule has 0 amide bonds. The van der Waals surface area contributed by atoms with Crippen LogP contribution in [0.25, 0.3) is 10.3 Å². The van der Waals surface area contributed by atoms with Gasteiger partial charge in [-0.3, -0.25) is 4.57 Å². The van der Waals surface area contributed by atoms with Crippen LogP contribution in [0.2, 0.25) is 0 Å². The van der Waals surface area contributed by atoms with E-state index >= 15 is 0 Å². The molecule has 0 aliphatic rings. The van der Waals surface area contributed by atoms with Crippen LogP contribution in [0.3, 0.4) is 0 Å². The molecule has 1 N–H and O–H groups in total. The van der Waals surface area contributed by atoms with Crippen LogP contribution in [0, 0.1) is 0 Å². The second-order valence-corrected chi connectivity index (χ2v) is 3.02. The quantitative estimate of drug-likeness (QED) is 0.602. The molecule has 0 saturated carbocycles. The Hall–Kier alpha value is -1.03. The van der Waals surface area contributed by atoms with Gasteiger partial charge in [-0.15, -0.1) is 11.3 Å². The van der Waals surface area contributed by atoms with Crippen molar-refractivity contribution >= 4 is 21.7 Å². The van der Waals surface area contributed by atoms with E-state index in [4.69, 9.17) is 0 Å². The molecule has 0 fully saturated rings. The lowest BCUT2D eigenvalue weighted by Crippen LogP contribution is -2.11. The molecule has 2 aromatic rings. The topological polar surface area (TPSA) is 37.8 Å². The van der Waals surface area contributed by atoms with Crippen molar-refractivity contribution in [2.75, 3.05) is 0 Å². The third-order valence-electron chi connectivity index (χ3n) is 1.50. The Balaban J connectivity index is 3.09. The molecule has 4 heteroatoms. The molecule has 0 bridgehead atoms. The first-order valence-corrected chi connectivity index (χ1v) is 3.79. The van der Waals surface area contributed by atoms with Gasteiger partial charge in [-0.25, -0.2) is 4.79 Å². The number of imidazole rings is 1. The first-order chi connectivity index (χ1) is 4.79. The average molecular weight is 154 g/mol. The van der Waals surface area contributed by atoms with Crippen LogP contribution >= 0.6 is 11.3 Å². The molecule has 10 heavy (non-hydrogen) atoms. The van der Waals surface area contributed by atoms with Gasteiger partial charge in [0.15, 0.2) is 0 Å². The fourth-order valence-corrected chi connectivity index (χ4v) is 1.77. The molecule has 0 aliphatic carbocycles. The first-order valence-electron chi connectivity index (χ1n) is 2.91. The molecule has 0 aliphatic heterocycles. The summed E-state index contributed by atoms with van der Waals surface area (Å²) in [5.74, 6) is 0. The van der Waals surface area contributed by atoms with E-state index in [1.807, 2.05) is 11.4 Å². The number of nitrogens with one attached hydrogen (secondary N) is 1. The van der Waals surface area contributed by atoms with Gasteiger partial charge >= 0.3 is 5.69 Å². The van der Waals surface area contributed by atoms with Crippen molar-refractivity contribution in [2.24, 2.45) is 7.05 Å². The van der Waals surface area contributed by atoms with Crippen LogP contribution in [0.15, 0.2) is 16.2 Å². The van der Waals surface area contributed by atoms with Crippen molar-refractivity contribution in [3.05, 3.63) is 21.9 Å². The highest BCUT2D eigenvalue weighted by Crippen LogP contribution is 2.15. The number of aromatic nitrogens is 2. The predicted molar refractivity (Wildman–Crippen MR) is 41.4 cm³/mol. The zero-order valence-electron chi connectivity index (χ0n) is 5.42. The Morgan fingerprint density at radius 2 is 2.50 bits per heavy atom. The lowest BCUT2D eigenvalue weighted by Gasteiger charge is -1.82. The molecule has 3 nitrogen and oxygen atoms in total. The molecule has 2 rings (SSSR count). The number of nitrogens with zero attached hydrogens (tertiary/aromatic N) is 1. The molecular weight excluding hydrogens is 148 g/mol. The summed E-state index contributed by atoms with van der Waals surface area (Å²) in [5, 5.41) is 1.96. The highest BCUT2D eigenvalue weighted by atomic mass is 32.1. The van der Waals surface area contributed by atoms with Crippen LogP contribution in [0.5, 0.6) is 0 Å². The van der Waals surface area contributed by atoms with Crippen LogP contribution in [-0.4, -0.2) is 9.55 Å². The summed E-state index contributed by atoms with van der Waals surface area (Å²) < 4.78 is 1.61. The fourth-order valence-electron chi connectivity index (χ4n) is 0.947. The molecule has 0 unspecified atom stereocenters. The SMILES string of the molecule is Cn1c(=O)[nH]c2ccsc21. The van der Waals surface area contributed by atoms with Crippen molar-refractivity contribution in [1.29, 1.82) is 0 Å². The van der Waals surface area contributed by atoms with Crippen molar-refractivity contribution < 1.29 is 0 Å². The van der Waals surface area contributed by atoms with E-state index in [0.717, 1.165) is 10.3 Å². The maximum atomic E-state index is 10.9. The second-order valence-electron chi connectivity index (χ2n) is 2.13. The number of aromatic amines is 1. The van der Waals surface area contributed by atoms with E-state index in [9.17, 15) is 4.79 Å². The Kier molecular flexibility index (Phi) is 0.990. The second kappa shape index (κ2) is 1.73. The summed E-state index contributed by atoms with van der Waals surface area (Å²) in [7, 11) is 1.76. The smallest absolute Gasteiger partial charge is 0.305 e. The molecule has 2 aromatic heterocycles. The number of aryl methyl sites for hydroxylation is 1. The number of fused-ring (bicyclic) bond motifs is 1. The van der Waals surface area contributed by atoms with Gasteiger partial charge < -0.3 is 4.98 Å². The van der Waals surface area contributed by atoms with Gasteiger partial charge in [0.05, 0.1) is 5.52 Å². The standard InChI is InChI=1S/C6H6N2OS/c1-8-5-4(2-3-10-5)7-6(8)9/h2-3H,1H3,(H,7,9). The fraction of sp³-hybridized carbons (Fsp3) is 0.167. The minimum Gasteiger partial charge on any atom is -0.305 e. The van der Waals surface area contributed by atoms with Gasteiger partial charge in [0.1, 0.15) is 4.83 Å². The summed E-state index contributed by atoms with van der Waals surface area (Å²) in [6, 6.07) is 1.90. The zero-order chi connectivity index (χ0) is 7.14. The molecule has 0 saturated heterocycles. The number of hydrogen-bond acceptors (Lipinski definition) is 2. The van der Waals surface area contributed by atoms with Crippen molar-refractivity contribution in [1.82, 2.24) is 9.55 Å².